The maximum Gasteiger partial charge on any atom is 0.255 e. The van der Waals surface area contributed by atoms with Crippen molar-refractivity contribution in [3.63, 3.8) is 0 Å². The number of pyridine rings is 1. The van der Waals surface area contributed by atoms with Gasteiger partial charge < -0.3 is 4.90 Å². The third-order valence-corrected chi connectivity index (χ3v) is 5.84. The summed E-state index contributed by atoms with van der Waals surface area (Å²) in [5.41, 5.74) is 2.56. The van der Waals surface area contributed by atoms with Crippen LogP contribution in [0.15, 0.2) is 72.0 Å². The molecule has 0 bridgehead atoms. The molecule has 0 atom stereocenters. The van der Waals surface area contributed by atoms with Crippen LogP contribution >= 0.6 is 0 Å². The molecule has 0 radical (unpaired) electrons. The van der Waals surface area contributed by atoms with Crippen molar-refractivity contribution < 1.29 is 0 Å². The van der Waals surface area contributed by atoms with E-state index in [2.05, 4.69) is 36.8 Å². The SMILES string of the molecule is Cn1c(N2CCC(c3nncn3-c3ccccc3)CC2)nc(-c2ccncc2)cc1=O. The van der Waals surface area contributed by atoms with Gasteiger partial charge in [-0.3, -0.25) is 18.9 Å². The normalized spacial score (nSPS) is 14.7. The van der Waals surface area contributed by atoms with Crippen LogP contribution in [0, 0.1) is 0 Å². The van der Waals surface area contributed by atoms with Gasteiger partial charge >= 0.3 is 0 Å². The van der Waals surface area contributed by atoms with Gasteiger partial charge in [0.25, 0.3) is 5.56 Å². The van der Waals surface area contributed by atoms with Gasteiger partial charge in [0.2, 0.25) is 5.95 Å². The molecule has 0 spiro atoms. The van der Waals surface area contributed by atoms with Gasteiger partial charge in [-0.2, -0.15) is 0 Å². The zero-order chi connectivity index (χ0) is 21.2. The molecule has 1 aromatic carbocycles. The van der Waals surface area contributed by atoms with Crippen molar-refractivity contribution >= 4 is 5.95 Å². The average Bonchev–Trinajstić information content (AvgIpc) is 3.32. The van der Waals surface area contributed by atoms with E-state index < -0.39 is 0 Å². The first-order valence-electron chi connectivity index (χ1n) is 10.4. The highest BCUT2D eigenvalue weighted by atomic mass is 16.1. The van der Waals surface area contributed by atoms with Crippen molar-refractivity contribution in [3.05, 3.63) is 83.4 Å². The van der Waals surface area contributed by atoms with E-state index in [0.29, 0.717) is 17.6 Å². The first kappa shape index (κ1) is 19.2. The predicted octanol–water partition coefficient (Wildman–Crippen LogP) is 2.81. The lowest BCUT2D eigenvalue weighted by Gasteiger charge is -2.33. The Morgan fingerprint density at radius 1 is 1.00 bits per heavy atom. The van der Waals surface area contributed by atoms with Crippen LogP contribution in [0.5, 0.6) is 0 Å². The standard InChI is InChI=1S/C23H23N7O/c1-28-21(31)15-20(17-7-11-24-12-8-17)26-23(28)29-13-9-18(10-14-29)22-27-25-16-30(22)19-5-3-2-4-6-19/h2-8,11-12,15-16,18H,9-10,13-14H2,1H3. The molecular formula is C23H23N7O. The summed E-state index contributed by atoms with van der Waals surface area (Å²) in [5, 5.41) is 8.58. The number of para-hydroxylation sites is 1. The molecule has 1 aliphatic rings. The van der Waals surface area contributed by atoms with Crippen molar-refractivity contribution in [3.8, 4) is 16.9 Å². The van der Waals surface area contributed by atoms with Gasteiger partial charge in [-0.15, -0.1) is 10.2 Å². The van der Waals surface area contributed by atoms with Crippen molar-refractivity contribution in [2.24, 2.45) is 7.05 Å². The molecule has 156 valence electrons. The van der Waals surface area contributed by atoms with Crippen molar-refractivity contribution in [2.75, 3.05) is 18.0 Å². The summed E-state index contributed by atoms with van der Waals surface area (Å²) in [7, 11) is 1.78. The Hall–Kier alpha value is -3.81. The van der Waals surface area contributed by atoms with Crippen LogP contribution in [-0.4, -0.2) is 42.4 Å². The van der Waals surface area contributed by atoms with E-state index in [1.165, 1.54) is 0 Å². The fraction of sp³-hybridized carbons (Fsp3) is 0.261. The number of hydrogen-bond acceptors (Lipinski definition) is 6. The molecule has 31 heavy (non-hydrogen) atoms. The van der Waals surface area contributed by atoms with E-state index in [1.54, 1.807) is 36.4 Å². The quantitative estimate of drug-likeness (QED) is 0.512. The van der Waals surface area contributed by atoms with Crippen LogP contribution in [0.4, 0.5) is 5.95 Å². The Morgan fingerprint density at radius 3 is 2.48 bits per heavy atom. The fourth-order valence-corrected chi connectivity index (χ4v) is 4.13. The molecule has 0 aliphatic carbocycles. The molecule has 3 aromatic heterocycles. The van der Waals surface area contributed by atoms with Gasteiger partial charge in [0, 0.05) is 55.8 Å². The number of nitrogens with zero attached hydrogens (tertiary/aromatic N) is 7. The van der Waals surface area contributed by atoms with Crippen LogP contribution < -0.4 is 10.5 Å². The second-order valence-corrected chi connectivity index (χ2v) is 7.73. The number of hydrogen-bond donors (Lipinski definition) is 0. The monoisotopic (exact) mass is 413 g/mol. The zero-order valence-electron chi connectivity index (χ0n) is 17.3. The summed E-state index contributed by atoms with van der Waals surface area (Å²) in [6.45, 7) is 1.60. The van der Waals surface area contributed by atoms with Crippen LogP contribution in [0.3, 0.4) is 0 Å². The molecule has 1 aliphatic heterocycles. The number of rotatable bonds is 4. The van der Waals surface area contributed by atoms with Gasteiger partial charge in [-0.05, 0) is 37.1 Å². The van der Waals surface area contributed by atoms with Gasteiger partial charge in [0.05, 0.1) is 5.69 Å². The lowest BCUT2D eigenvalue weighted by molar-refractivity contribution is 0.470. The first-order valence-corrected chi connectivity index (χ1v) is 10.4. The molecule has 8 nitrogen and oxygen atoms in total. The molecule has 1 saturated heterocycles. The van der Waals surface area contributed by atoms with Crippen LogP contribution in [0.25, 0.3) is 16.9 Å². The summed E-state index contributed by atoms with van der Waals surface area (Å²) in [5.74, 6) is 1.99. The lowest BCUT2D eigenvalue weighted by atomic mass is 9.96. The highest BCUT2D eigenvalue weighted by Gasteiger charge is 2.27. The third kappa shape index (κ3) is 3.72. The van der Waals surface area contributed by atoms with Crippen LogP contribution in [0.2, 0.25) is 0 Å². The Labute approximate surface area is 179 Å². The number of piperidine rings is 1. The topological polar surface area (TPSA) is 81.7 Å². The summed E-state index contributed by atoms with van der Waals surface area (Å²) in [4.78, 5) is 23.6. The summed E-state index contributed by atoms with van der Waals surface area (Å²) < 4.78 is 3.69. The second kappa shape index (κ2) is 8.14. The Bertz CT molecular complexity index is 1230. The molecule has 0 amide bonds. The summed E-state index contributed by atoms with van der Waals surface area (Å²) in [6.07, 6.45) is 7.04. The largest absolute Gasteiger partial charge is 0.342 e. The van der Waals surface area contributed by atoms with E-state index in [-0.39, 0.29) is 5.56 Å². The minimum atomic E-state index is -0.0669. The minimum absolute atomic E-state index is 0.0669. The number of benzene rings is 1. The van der Waals surface area contributed by atoms with Gasteiger partial charge in [-0.1, -0.05) is 18.2 Å². The predicted molar refractivity (Wildman–Crippen MR) is 118 cm³/mol. The first-order chi connectivity index (χ1) is 15.2. The highest BCUT2D eigenvalue weighted by Crippen LogP contribution is 2.30. The van der Waals surface area contributed by atoms with Gasteiger partial charge in [-0.25, -0.2) is 4.98 Å². The summed E-state index contributed by atoms with van der Waals surface area (Å²) >= 11 is 0. The van der Waals surface area contributed by atoms with Crippen LogP contribution in [-0.2, 0) is 7.05 Å². The van der Waals surface area contributed by atoms with Crippen LogP contribution in [0.1, 0.15) is 24.6 Å². The Kier molecular flexibility index (Phi) is 5.03. The van der Waals surface area contributed by atoms with E-state index in [0.717, 1.165) is 43.0 Å². The molecule has 1 fully saturated rings. The molecule has 8 heteroatoms. The minimum Gasteiger partial charge on any atom is -0.342 e. The maximum atomic E-state index is 12.6. The van der Waals surface area contributed by atoms with Crippen molar-refractivity contribution in [1.82, 2.24) is 29.3 Å². The average molecular weight is 413 g/mol. The van der Waals surface area contributed by atoms with E-state index in [4.69, 9.17) is 4.98 Å². The molecule has 0 saturated carbocycles. The maximum absolute atomic E-state index is 12.6. The zero-order valence-corrected chi connectivity index (χ0v) is 17.3. The van der Waals surface area contributed by atoms with E-state index >= 15 is 0 Å². The summed E-state index contributed by atoms with van der Waals surface area (Å²) in [6, 6.07) is 15.5. The Morgan fingerprint density at radius 2 is 1.74 bits per heavy atom. The van der Waals surface area contributed by atoms with Crippen molar-refractivity contribution in [2.45, 2.75) is 18.8 Å². The molecule has 4 aromatic rings. The molecular weight excluding hydrogens is 390 g/mol. The smallest absolute Gasteiger partial charge is 0.255 e. The van der Waals surface area contributed by atoms with Gasteiger partial charge in [0.1, 0.15) is 12.2 Å². The molecule has 4 heterocycles. The third-order valence-electron chi connectivity index (χ3n) is 5.84. The Balaban J connectivity index is 1.38. The lowest BCUT2D eigenvalue weighted by Crippen LogP contribution is -2.38. The van der Waals surface area contributed by atoms with Gasteiger partial charge in [0.15, 0.2) is 0 Å². The number of aromatic nitrogens is 6. The number of anilines is 1. The highest BCUT2D eigenvalue weighted by molar-refractivity contribution is 5.59. The molecule has 0 N–H and O–H groups in total. The van der Waals surface area contributed by atoms with Crippen molar-refractivity contribution in [1.29, 1.82) is 0 Å². The second-order valence-electron chi connectivity index (χ2n) is 7.73. The molecule has 0 unspecified atom stereocenters. The van der Waals surface area contributed by atoms with E-state index in [1.807, 2.05) is 30.3 Å². The van der Waals surface area contributed by atoms with E-state index in [9.17, 15) is 4.79 Å². The molecule has 5 rings (SSSR count). The fourth-order valence-electron chi connectivity index (χ4n) is 4.13.